The lowest BCUT2D eigenvalue weighted by molar-refractivity contribution is -0.774. The summed E-state index contributed by atoms with van der Waals surface area (Å²) in [6, 6.07) is 36.6. The SMILES string of the molecule is [2H]c1c([2H])c(C(C([2H])([2H])[2H])(C([2H])([2H])[2H])C([2H])([2H])[2H])c([2H])c([2H])c1-c1cc[n+]2c(c1)-c1cc(C(C)(C)C)cc3c1C21Oc2c(cc(C(C)(C)C)cc2C(C)(C)C)C2N(c4ccc(-c5c(-c6ccccc6)cccc5C(C)(C)C)cc4C([2H])([2H])[2H])c4cccc-3c4N21. The largest absolute Gasteiger partial charge is 0.432 e. The Hall–Kier alpha value is -6.91. The molecule has 0 aliphatic carbocycles. The van der Waals surface area contributed by atoms with Gasteiger partial charge in [-0.1, -0.05) is 201 Å². The molecule has 0 bridgehead atoms. The molecule has 1 aromatic heterocycles. The number of fused-ring (bicyclic) bond motifs is 5. The highest BCUT2D eigenvalue weighted by molar-refractivity contribution is 6.02. The fourth-order valence-electron chi connectivity index (χ4n) is 11.9. The molecule has 5 heterocycles. The number of pyridine rings is 1. The van der Waals surface area contributed by atoms with Gasteiger partial charge in [0, 0.05) is 56.5 Å². The molecule has 0 N–H and O–H groups in total. The van der Waals surface area contributed by atoms with Crippen molar-refractivity contribution in [3.63, 3.8) is 0 Å². The summed E-state index contributed by atoms with van der Waals surface area (Å²) in [6.07, 6.45) is 0.962. The molecule has 0 saturated carbocycles. The highest BCUT2D eigenvalue weighted by atomic mass is 16.5. The highest BCUT2D eigenvalue weighted by Gasteiger charge is 2.70. The third-order valence-corrected chi connectivity index (χ3v) is 15.6. The van der Waals surface area contributed by atoms with Crippen molar-refractivity contribution in [3.05, 3.63) is 196 Å². The number of anilines is 3. The van der Waals surface area contributed by atoms with Crippen molar-refractivity contribution in [2.45, 2.75) is 150 Å². The molecule has 4 aliphatic rings. The molecule has 74 heavy (non-hydrogen) atoms. The fourth-order valence-corrected chi connectivity index (χ4v) is 11.9. The number of nitrogens with zero attached hydrogens (tertiary/aromatic N) is 3. The molecule has 7 aromatic carbocycles. The van der Waals surface area contributed by atoms with Gasteiger partial charge in [-0.2, -0.15) is 0 Å². The molecule has 2 atom stereocenters. The molecule has 8 aromatic rings. The van der Waals surface area contributed by atoms with Gasteiger partial charge in [0.25, 0.3) is 0 Å². The van der Waals surface area contributed by atoms with Crippen LogP contribution in [0, 0.1) is 6.85 Å². The van der Waals surface area contributed by atoms with Crippen LogP contribution in [0.3, 0.4) is 0 Å². The number of aryl methyl sites for hydroxylation is 1. The van der Waals surface area contributed by atoms with Crippen molar-refractivity contribution in [2.24, 2.45) is 0 Å². The molecule has 0 saturated heterocycles. The quantitative estimate of drug-likeness (QED) is 0.164. The Labute approximate surface area is 464 Å². The van der Waals surface area contributed by atoms with Gasteiger partial charge in [-0.15, -0.1) is 4.57 Å². The van der Waals surface area contributed by atoms with Crippen LogP contribution in [0.15, 0.2) is 152 Å². The zero-order chi connectivity index (χ0) is 65.9. The molecule has 4 heteroatoms. The first-order valence-electron chi connectivity index (χ1n) is 33.7. The standard InChI is InChI=1S/C70H74N3O/c1-42-36-46(60-50(44-22-18-17-19-23-44)24-20-26-55(60)68(11,12)13)30-33-57(42)72-58-27-21-25-51-52-38-48(66(5,6)7)39-53-59-37-45(43-28-31-47(32-29-43)65(2,3)4)34-35-71(59)70(61(52)53)73(62(51)58)64(72)54-40-49(67(8,9)10)41-56(63(54)74-70)69(14,15)16/h17-41,64H,1-16H3/q+1/i1D3,2D3,3D3,4D3,28D,29D,31D,32D. The second-order valence-electron chi connectivity index (χ2n) is 24.9. The molecule has 0 radical (unpaired) electrons. The minimum absolute atomic E-state index is 0.141. The Morgan fingerprint density at radius 1 is 0.527 bits per heavy atom. The van der Waals surface area contributed by atoms with Gasteiger partial charge in [0.1, 0.15) is 17.5 Å². The van der Waals surface area contributed by atoms with E-state index in [2.05, 4.69) is 154 Å². The van der Waals surface area contributed by atoms with Crippen LogP contribution in [0.5, 0.6) is 5.75 Å². The monoisotopic (exact) mass is 989 g/mol. The Morgan fingerprint density at radius 2 is 1.20 bits per heavy atom. The number of para-hydroxylation sites is 1. The van der Waals surface area contributed by atoms with Crippen molar-refractivity contribution in [1.29, 1.82) is 0 Å². The van der Waals surface area contributed by atoms with Crippen molar-refractivity contribution in [3.8, 4) is 61.5 Å². The third-order valence-electron chi connectivity index (χ3n) is 15.6. The predicted octanol–water partition coefficient (Wildman–Crippen LogP) is 18.1. The van der Waals surface area contributed by atoms with Crippen LogP contribution in [0.2, 0.25) is 0 Å². The Kier molecular flexibility index (Phi) is 7.07. The zero-order valence-corrected chi connectivity index (χ0v) is 44.5. The van der Waals surface area contributed by atoms with Gasteiger partial charge in [0.2, 0.25) is 5.69 Å². The maximum absolute atomic E-state index is 9.60. The topological polar surface area (TPSA) is 19.6 Å². The molecule has 1 spiro atoms. The van der Waals surface area contributed by atoms with E-state index in [-0.39, 0.29) is 27.5 Å². The molecule has 0 amide bonds. The third kappa shape index (κ3) is 7.10. The van der Waals surface area contributed by atoms with Crippen LogP contribution >= 0.6 is 0 Å². The number of hydrogen-bond donors (Lipinski definition) is 0. The van der Waals surface area contributed by atoms with E-state index < -0.39 is 85.4 Å². The van der Waals surface area contributed by atoms with E-state index in [4.69, 9.17) is 17.1 Å². The summed E-state index contributed by atoms with van der Waals surface area (Å²) < 4.78 is 153. The van der Waals surface area contributed by atoms with Crippen molar-refractivity contribution in [2.75, 3.05) is 9.80 Å². The molecular formula is C70H74N3O+. The highest BCUT2D eigenvalue weighted by Crippen LogP contribution is 2.68. The van der Waals surface area contributed by atoms with Gasteiger partial charge >= 0.3 is 5.85 Å². The van der Waals surface area contributed by atoms with E-state index in [9.17, 15) is 9.60 Å². The van der Waals surface area contributed by atoms with E-state index >= 15 is 0 Å². The van der Waals surface area contributed by atoms with Crippen LogP contribution in [-0.4, -0.2) is 0 Å². The second kappa shape index (κ2) is 15.8. The molecule has 374 valence electrons. The first kappa shape index (κ1) is 33.1. The predicted molar refractivity (Wildman–Crippen MR) is 310 cm³/mol. The Morgan fingerprint density at radius 3 is 1.88 bits per heavy atom. The normalized spacial score (nSPS) is 21.3. The average Bonchev–Trinajstić information content (AvgIpc) is 1.45. The smallest absolute Gasteiger partial charge is 0.410 e. The van der Waals surface area contributed by atoms with E-state index in [0.29, 0.717) is 22.7 Å². The van der Waals surface area contributed by atoms with Crippen LogP contribution in [0.4, 0.5) is 17.1 Å². The van der Waals surface area contributed by atoms with Gasteiger partial charge in [0.15, 0.2) is 6.20 Å². The first-order chi connectivity index (χ1) is 41.4. The van der Waals surface area contributed by atoms with E-state index in [1.807, 2.05) is 53.1 Å². The molecule has 2 unspecified atom stereocenters. The Balaban J connectivity index is 1.18. The van der Waals surface area contributed by atoms with E-state index in [1.54, 1.807) is 18.3 Å². The van der Waals surface area contributed by atoms with Crippen molar-refractivity contribution in [1.82, 2.24) is 0 Å². The van der Waals surface area contributed by atoms with Crippen molar-refractivity contribution < 1.29 is 31.2 Å². The van der Waals surface area contributed by atoms with Crippen LogP contribution in [-0.2, 0) is 32.9 Å². The average molecular weight is 989 g/mol. The van der Waals surface area contributed by atoms with Gasteiger partial charge in [0.05, 0.1) is 22.4 Å². The van der Waals surface area contributed by atoms with Crippen LogP contribution in [0.1, 0.15) is 176 Å². The van der Waals surface area contributed by atoms with Gasteiger partial charge < -0.3 is 9.64 Å². The maximum Gasteiger partial charge on any atom is 0.432 e. The lowest BCUT2D eigenvalue weighted by Crippen LogP contribution is -2.71. The summed E-state index contributed by atoms with van der Waals surface area (Å²) in [7, 11) is 0. The summed E-state index contributed by atoms with van der Waals surface area (Å²) in [5, 5.41) is 0. The minimum Gasteiger partial charge on any atom is -0.410 e. The summed E-state index contributed by atoms with van der Waals surface area (Å²) in [6.45, 7) is 11.6. The molecule has 0 fully saturated rings. The van der Waals surface area contributed by atoms with Gasteiger partial charge in [-0.05, 0) is 132 Å². The molecule has 4 aliphatic heterocycles. The summed E-state index contributed by atoms with van der Waals surface area (Å²) in [5.74, 6) is -1.02. The van der Waals surface area contributed by atoms with E-state index in [1.165, 1.54) is 0 Å². The van der Waals surface area contributed by atoms with Gasteiger partial charge in [-0.25, -0.2) is 4.90 Å². The lowest BCUT2D eigenvalue weighted by Gasteiger charge is -2.49. The van der Waals surface area contributed by atoms with E-state index in [0.717, 1.165) is 78.1 Å². The van der Waals surface area contributed by atoms with Gasteiger partial charge in [-0.3, -0.25) is 0 Å². The summed E-state index contributed by atoms with van der Waals surface area (Å²) in [5.41, 5.74) is 7.27. The zero-order valence-electron chi connectivity index (χ0n) is 60.5. The molecule has 4 nitrogen and oxygen atoms in total. The second-order valence-corrected chi connectivity index (χ2v) is 24.9. The minimum atomic E-state index is -3.85. The van der Waals surface area contributed by atoms with Crippen LogP contribution in [0.25, 0.3) is 55.8 Å². The maximum atomic E-state index is 9.60. The number of aromatic nitrogens is 1. The number of hydrogen-bond acceptors (Lipinski definition) is 3. The van der Waals surface area contributed by atoms with Crippen LogP contribution < -0.4 is 19.1 Å². The number of ether oxygens (including phenoxy) is 1. The Bertz CT molecular complexity index is 4280. The molecule has 12 rings (SSSR count). The first-order valence-corrected chi connectivity index (χ1v) is 25.7. The summed E-state index contributed by atoms with van der Waals surface area (Å²) in [4.78, 5) is 4.44. The molecular weight excluding hydrogens is 899 g/mol. The number of benzene rings is 7. The summed E-state index contributed by atoms with van der Waals surface area (Å²) >= 11 is 0. The lowest BCUT2D eigenvalue weighted by atomic mass is 9.77. The fraction of sp³-hybridized carbons (Fsp3) is 0.329. The van der Waals surface area contributed by atoms with Crippen molar-refractivity contribution >= 4 is 17.1 Å². The number of rotatable bonds is 4.